The van der Waals surface area contributed by atoms with E-state index in [0.29, 0.717) is 29.7 Å². The second kappa shape index (κ2) is 13.1. The molecular weight excluding hydrogens is 578 g/mol. The number of aryl methyl sites for hydroxylation is 1. The first-order chi connectivity index (χ1) is 22.3. The van der Waals surface area contributed by atoms with E-state index in [4.69, 9.17) is 4.98 Å². The molecule has 2 aromatic heterocycles. The van der Waals surface area contributed by atoms with Crippen molar-refractivity contribution < 1.29 is 19.8 Å². The molecule has 0 aliphatic heterocycles. The predicted octanol–water partition coefficient (Wildman–Crippen LogP) is 7.37. The molecule has 6 aromatic rings. The van der Waals surface area contributed by atoms with Crippen LogP contribution in [0.25, 0.3) is 33.3 Å². The summed E-state index contributed by atoms with van der Waals surface area (Å²) in [6, 6.07) is 31.2. The molecule has 6 rings (SSSR count). The minimum atomic E-state index is -0.976. The van der Waals surface area contributed by atoms with Gasteiger partial charge >= 0.3 is 11.9 Å². The molecule has 8 nitrogen and oxygen atoms in total. The number of nitrogens with zero attached hydrogens (tertiary/aromatic N) is 3. The van der Waals surface area contributed by atoms with E-state index in [2.05, 4.69) is 11.5 Å². The lowest BCUT2D eigenvalue weighted by Gasteiger charge is -2.12. The molecule has 4 aromatic carbocycles. The molecule has 0 aliphatic rings. The maximum Gasteiger partial charge on any atom is 0.336 e. The number of rotatable bonds is 11. The molecule has 0 saturated carbocycles. The van der Waals surface area contributed by atoms with E-state index < -0.39 is 11.9 Å². The second-order valence-electron chi connectivity index (χ2n) is 11.3. The molecule has 230 valence electrons. The highest BCUT2D eigenvalue weighted by molar-refractivity contribution is 5.96. The van der Waals surface area contributed by atoms with Gasteiger partial charge in [0.1, 0.15) is 5.82 Å². The highest BCUT2D eigenvalue weighted by Gasteiger charge is 2.17. The van der Waals surface area contributed by atoms with Crippen molar-refractivity contribution in [3.8, 4) is 22.3 Å². The number of aromatic nitrogens is 3. The molecule has 0 unspecified atom stereocenters. The first kappa shape index (κ1) is 30.3. The van der Waals surface area contributed by atoms with Gasteiger partial charge in [-0.3, -0.25) is 4.79 Å². The van der Waals surface area contributed by atoms with Crippen LogP contribution in [0.15, 0.2) is 114 Å². The van der Waals surface area contributed by atoms with Crippen LogP contribution in [0.2, 0.25) is 0 Å². The Labute approximate surface area is 265 Å². The van der Waals surface area contributed by atoms with Gasteiger partial charge < -0.3 is 19.3 Å². The zero-order chi connectivity index (χ0) is 32.2. The van der Waals surface area contributed by atoms with Crippen molar-refractivity contribution in [2.24, 2.45) is 0 Å². The Morgan fingerprint density at radius 3 is 1.74 bits per heavy atom. The fourth-order valence-corrected chi connectivity index (χ4v) is 5.83. The fraction of sp³-hybridized carbons (Fsp3) is 0.158. The number of carboxylic acid groups (broad SMARTS) is 2. The molecule has 46 heavy (non-hydrogen) atoms. The van der Waals surface area contributed by atoms with Crippen LogP contribution >= 0.6 is 0 Å². The number of unbranched alkanes of at least 4 members (excludes halogenated alkanes) is 1. The molecule has 8 heteroatoms. The number of benzene rings is 4. The first-order valence-corrected chi connectivity index (χ1v) is 15.3. The number of carbonyl (C=O) groups is 2. The van der Waals surface area contributed by atoms with E-state index in [-0.39, 0.29) is 16.7 Å². The lowest BCUT2D eigenvalue weighted by molar-refractivity contribution is 0.0687. The van der Waals surface area contributed by atoms with Gasteiger partial charge in [-0.15, -0.1) is 0 Å². The maximum absolute atomic E-state index is 13.7. The van der Waals surface area contributed by atoms with Gasteiger partial charge in [-0.05, 0) is 58.0 Å². The number of fused-ring (bicyclic) bond motifs is 1. The minimum absolute atomic E-state index is 0.171. The summed E-state index contributed by atoms with van der Waals surface area (Å²) in [7, 11) is 0. The van der Waals surface area contributed by atoms with Gasteiger partial charge in [-0.25, -0.2) is 14.6 Å². The predicted molar refractivity (Wildman–Crippen MR) is 178 cm³/mol. The van der Waals surface area contributed by atoms with Crippen LogP contribution in [0, 0.1) is 0 Å². The molecule has 0 saturated heterocycles. The van der Waals surface area contributed by atoms with Crippen LogP contribution in [-0.2, 0) is 19.5 Å². The Kier molecular flexibility index (Phi) is 8.61. The van der Waals surface area contributed by atoms with Crippen molar-refractivity contribution in [2.45, 2.75) is 39.3 Å². The third-order valence-electron chi connectivity index (χ3n) is 8.25. The van der Waals surface area contributed by atoms with Crippen LogP contribution < -0.4 is 5.56 Å². The highest BCUT2D eigenvalue weighted by atomic mass is 16.4. The average molecular weight is 612 g/mol. The van der Waals surface area contributed by atoms with E-state index in [1.54, 1.807) is 41.1 Å². The van der Waals surface area contributed by atoms with Gasteiger partial charge in [0.2, 0.25) is 0 Å². The fourth-order valence-electron chi connectivity index (χ4n) is 5.83. The smallest absolute Gasteiger partial charge is 0.336 e. The summed E-state index contributed by atoms with van der Waals surface area (Å²) >= 11 is 0. The summed E-state index contributed by atoms with van der Waals surface area (Å²) in [4.78, 5) is 41.9. The van der Waals surface area contributed by atoms with Crippen molar-refractivity contribution in [2.75, 3.05) is 0 Å². The van der Waals surface area contributed by atoms with Crippen LogP contribution in [-0.4, -0.2) is 36.3 Å². The molecule has 0 aliphatic carbocycles. The molecule has 0 bridgehead atoms. The number of hydrogen-bond acceptors (Lipinski definition) is 4. The Balaban J connectivity index is 1.28. The number of imidazole rings is 1. The minimum Gasteiger partial charge on any atom is -0.478 e. The number of aromatic carboxylic acids is 2. The lowest BCUT2D eigenvalue weighted by atomic mass is 9.98. The average Bonchev–Trinajstić information content (AvgIpc) is 3.43. The van der Waals surface area contributed by atoms with Gasteiger partial charge in [-0.2, -0.15) is 0 Å². The largest absolute Gasteiger partial charge is 0.478 e. The van der Waals surface area contributed by atoms with Crippen LogP contribution in [0.3, 0.4) is 0 Å². The quantitative estimate of drug-likeness (QED) is 0.158. The lowest BCUT2D eigenvalue weighted by Crippen LogP contribution is -2.20. The van der Waals surface area contributed by atoms with Crippen LogP contribution in [0.1, 0.15) is 57.4 Å². The third kappa shape index (κ3) is 6.10. The van der Waals surface area contributed by atoms with E-state index in [9.17, 15) is 24.6 Å². The molecule has 2 N–H and O–H groups in total. The summed E-state index contributed by atoms with van der Waals surface area (Å²) in [6.07, 6.45) is 4.48. The Hall–Kier alpha value is -5.76. The van der Waals surface area contributed by atoms with E-state index in [1.807, 2.05) is 72.8 Å². The zero-order valence-corrected chi connectivity index (χ0v) is 25.4. The standard InChI is InChI=1S/C38H33N3O5/c1-2-3-12-34-39-35-33(41(34)24-26-15-19-28(20-16-26)30-9-5-7-11-32(30)38(45)46)21-22-40(36(35)42)23-25-13-17-27(18-14-25)29-8-4-6-10-31(29)37(43)44/h4-11,13-22H,2-3,12,23-24H2,1H3,(H,43,44)(H,45,46). The van der Waals surface area contributed by atoms with Gasteiger partial charge in [0, 0.05) is 19.2 Å². The van der Waals surface area contributed by atoms with Crippen LogP contribution in [0.4, 0.5) is 0 Å². The molecule has 0 fully saturated rings. The Morgan fingerprint density at radius 1 is 0.696 bits per heavy atom. The molecule has 2 heterocycles. The van der Waals surface area contributed by atoms with E-state index in [1.165, 1.54) is 0 Å². The summed E-state index contributed by atoms with van der Waals surface area (Å²) in [5.74, 6) is -1.08. The normalized spacial score (nSPS) is 11.2. The van der Waals surface area contributed by atoms with Crippen molar-refractivity contribution in [3.05, 3.63) is 148 Å². The number of hydrogen-bond donors (Lipinski definition) is 2. The molecule has 0 amide bonds. The molecule has 0 atom stereocenters. The number of pyridine rings is 1. The Bertz CT molecular complexity index is 2110. The van der Waals surface area contributed by atoms with Crippen LogP contribution in [0.5, 0.6) is 0 Å². The highest BCUT2D eigenvalue weighted by Crippen LogP contribution is 2.26. The first-order valence-electron chi connectivity index (χ1n) is 15.3. The van der Waals surface area contributed by atoms with Gasteiger partial charge in [0.05, 0.1) is 23.2 Å². The Morgan fingerprint density at radius 2 is 1.22 bits per heavy atom. The summed E-state index contributed by atoms with van der Waals surface area (Å²) in [6.45, 7) is 3.00. The molecule has 0 spiro atoms. The topological polar surface area (TPSA) is 114 Å². The third-order valence-corrected chi connectivity index (χ3v) is 8.25. The van der Waals surface area contributed by atoms with Crippen molar-refractivity contribution in [1.29, 1.82) is 0 Å². The summed E-state index contributed by atoms with van der Waals surface area (Å²) in [5, 5.41) is 19.2. The zero-order valence-electron chi connectivity index (χ0n) is 25.4. The van der Waals surface area contributed by atoms with Crippen molar-refractivity contribution in [3.63, 3.8) is 0 Å². The summed E-state index contributed by atoms with van der Waals surface area (Å²) < 4.78 is 3.75. The maximum atomic E-state index is 13.7. The van der Waals surface area contributed by atoms with E-state index >= 15 is 0 Å². The van der Waals surface area contributed by atoms with Crippen molar-refractivity contribution >= 4 is 23.0 Å². The van der Waals surface area contributed by atoms with Crippen molar-refractivity contribution in [1.82, 2.24) is 14.1 Å². The van der Waals surface area contributed by atoms with E-state index in [0.717, 1.165) is 52.9 Å². The van der Waals surface area contributed by atoms with Gasteiger partial charge in [-0.1, -0.05) is 98.3 Å². The molecular formula is C38H33N3O5. The second-order valence-corrected chi connectivity index (χ2v) is 11.3. The monoisotopic (exact) mass is 611 g/mol. The molecule has 0 radical (unpaired) electrons. The summed E-state index contributed by atoms with van der Waals surface area (Å²) in [5.41, 5.74) is 6.38. The van der Waals surface area contributed by atoms with Gasteiger partial charge in [0.15, 0.2) is 5.52 Å². The SMILES string of the molecule is CCCCc1nc2c(=O)n(Cc3ccc(-c4ccccc4C(=O)O)cc3)ccc2n1Cc1ccc(-c2ccccc2C(=O)O)cc1. The van der Waals surface area contributed by atoms with Gasteiger partial charge in [0.25, 0.3) is 5.56 Å². The number of carboxylic acids is 2.